The zero-order valence-corrected chi connectivity index (χ0v) is 38.7. The van der Waals surface area contributed by atoms with Crippen molar-refractivity contribution >= 4 is 40.2 Å². The third kappa shape index (κ3) is 7.44. The molecule has 4 heteroatoms. The van der Waals surface area contributed by atoms with Gasteiger partial charge in [-0.25, -0.2) is 4.39 Å². The average molecular weight is 894 g/mol. The maximum absolute atomic E-state index is 14.1. The van der Waals surface area contributed by atoms with Crippen LogP contribution in [-0.2, 0) is 0 Å². The Labute approximate surface area is 405 Å². The molecule has 1 aliphatic heterocycles. The van der Waals surface area contributed by atoms with E-state index in [1.54, 1.807) is 12.1 Å². The molecular formula is C65H52FN3. The van der Waals surface area contributed by atoms with Crippen LogP contribution in [0.2, 0.25) is 0 Å². The second-order valence-electron chi connectivity index (χ2n) is 18.8. The molecule has 0 fully saturated rings. The van der Waals surface area contributed by atoms with E-state index in [0.29, 0.717) is 0 Å². The quantitative estimate of drug-likeness (QED) is 0.135. The predicted octanol–water partition coefficient (Wildman–Crippen LogP) is 17.2. The van der Waals surface area contributed by atoms with Crippen molar-refractivity contribution in [1.82, 2.24) is 0 Å². The van der Waals surface area contributed by atoms with Gasteiger partial charge >= 0.3 is 0 Å². The van der Waals surface area contributed by atoms with Gasteiger partial charge in [-0.1, -0.05) is 158 Å². The van der Waals surface area contributed by atoms with Gasteiger partial charge in [0.05, 0.1) is 0 Å². The van der Waals surface area contributed by atoms with Crippen LogP contribution in [0.15, 0.2) is 254 Å². The molecule has 0 N–H and O–H groups in total. The SMILES string of the molecule is C=Cc1ccc(N2C3=CCC(N(c4ccccc4)c4ccc(-c5ccc(N(c6ccccc6)c6ccc7c(c6)-c6ccccc6C7c6ccc(F)cc6)cc5)cc4)CC3(C)C3=C2CC=CC=C3)cc1. The van der Waals surface area contributed by atoms with Crippen LogP contribution in [0.4, 0.5) is 38.5 Å². The Morgan fingerprint density at radius 3 is 1.93 bits per heavy atom. The molecule has 3 unspecified atom stereocenters. The lowest BCUT2D eigenvalue weighted by Crippen LogP contribution is -2.40. The summed E-state index contributed by atoms with van der Waals surface area (Å²) >= 11 is 0. The molecule has 0 spiro atoms. The average Bonchev–Trinajstić information content (AvgIpc) is 3.70. The number of para-hydroxylation sites is 2. The largest absolute Gasteiger partial charge is 0.338 e. The van der Waals surface area contributed by atoms with E-state index >= 15 is 0 Å². The molecule has 0 amide bonds. The van der Waals surface area contributed by atoms with Crippen LogP contribution in [0.25, 0.3) is 28.3 Å². The van der Waals surface area contributed by atoms with E-state index < -0.39 is 0 Å². The molecule has 8 aromatic rings. The zero-order valence-electron chi connectivity index (χ0n) is 38.7. The van der Waals surface area contributed by atoms with Crippen LogP contribution in [0, 0.1) is 11.2 Å². The summed E-state index contributed by atoms with van der Waals surface area (Å²) < 4.78 is 14.1. The number of benzene rings is 8. The van der Waals surface area contributed by atoms with Crippen molar-refractivity contribution in [3.63, 3.8) is 0 Å². The first kappa shape index (κ1) is 42.2. The summed E-state index contributed by atoms with van der Waals surface area (Å²) in [7, 11) is 0. The van der Waals surface area contributed by atoms with Crippen molar-refractivity contribution in [3.8, 4) is 22.3 Å². The van der Waals surface area contributed by atoms with Gasteiger partial charge < -0.3 is 14.7 Å². The smallest absolute Gasteiger partial charge is 0.123 e. The summed E-state index contributed by atoms with van der Waals surface area (Å²) in [4.78, 5) is 7.44. The summed E-state index contributed by atoms with van der Waals surface area (Å²) in [5.41, 5.74) is 20.3. The fraction of sp³-hybridized carbons (Fsp3) is 0.108. The molecule has 3 nitrogen and oxygen atoms in total. The molecule has 3 aliphatic carbocycles. The number of hydrogen-bond donors (Lipinski definition) is 0. The van der Waals surface area contributed by atoms with Gasteiger partial charge in [-0.15, -0.1) is 0 Å². The molecule has 3 atom stereocenters. The van der Waals surface area contributed by atoms with Gasteiger partial charge in [0, 0.05) is 69.3 Å². The first-order valence-electron chi connectivity index (χ1n) is 24.1. The molecule has 0 saturated carbocycles. The Hall–Kier alpha value is -8.21. The second kappa shape index (κ2) is 17.5. The molecule has 12 rings (SSSR count). The van der Waals surface area contributed by atoms with Gasteiger partial charge in [0.25, 0.3) is 0 Å². The number of allylic oxidation sites excluding steroid dienone is 5. The van der Waals surface area contributed by atoms with Crippen molar-refractivity contribution in [2.24, 2.45) is 5.41 Å². The van der Waals surface area contributed by atoms with Gasteiger partial charge in [-0.05, 0) is 155 Å². The summed E-state index contributed by atoms with van der Waals surface area (Å²) in [6.45, 7) is 6.45. The highest BCUT2D eigenvalue weighted by atomic mass is 19.1. The monoisotopic (exact) mass is 893 g/mol. The Kier molecular flexibility index (Phi) is 10.7. The molecule has 0 radical (unpaired) electrons. The normalized spacial score (nSPS) is 18.7. The number of nitrogens with zero attached hydrogens (tertiary/aromatic N) is 3. The second-order valence-corrected chi connectivity index (χ2v) is 18.8. The number of fused-ring (bicyclic) bond motifs is 5. The van der Waals surface area contributed by atoms with Crippen molar-refractivity contribution in [3.05, 3.63) is 282 Å². The highest BCUT2D eigenvalue weighted by Crippen LogP contribution is 2.57. The zero-order chi connectivity index (χ0) is 46.5. The van der Waals surface area contributed by atoms with Crippen molar-refractivity contribution in [2.75, 3.05) is 14.7 Å². The Balaban J connectivity index is 0.856. The van der Waals surface area contributed by atoms with Gasteiger partial charge in [-0.2, -0.15) is 0 Å². The fourth-order valence-corrected chi connectivity index (χ4v) is 11.6. The van der Waals surface area contributed by atoms with Crippen molar-refractivity contribution in [1.29, 1.82) is 0 Å². The minimum Gasteiger partial charge on any atom is -0.338 e. The van der Waals surface area contributed by atoms with E-state index in [1.165, 1.54) is 61.8 Å². The van der Waals surface area contributed by atoms with Crippen LogP contribution in [0.3, 0.4) is 0 Å². The Bertz CT molecular complexity index is 3330. The molecule has 8 aromatic carbocycles. The summed E-state index contributed by atoms with van der Waals surface area (Å²) in [5, 5.41) is 0. The van der Waals surface area contributed by atoms with Crippen LogP contribution in [0.5, 0.6) is 0 Å². The van der Waals surface area contributed by atoms with Crippen molar-refractivity contribution in [2.45, 2.75) is 38.1 Å². The highest BCUT2D eigenvalue weighted by molar-refractivity contribution is 5.87. The fourth-order valence-electron chi connectivity index (χ4n) is 11.6. The lowest BCUT2D eigenvalue weighted by Gasteiger charge is -2.43. The first-order chi connectivity index (χ1) is 33.9. The molecular weight excluding hydrogens is 842 g/mol. The molecule has 0 bridgehead atoms. The van der Waals surface area contributed by atoms with E-state index in [2.05, 4.69) is 235 Å². The van der Waals surface area contributed by atoms with Gasteiger partial charge in [0.15, 0.2) is 0 Å². The third-order valence-corrected chi connectivity index (χ3v) is 14.8. The van der Waals surface area contributed by atoms with Gasteiger partial charge in [0.2, 0.25) is 0 Å². The van der Waals surface area contributed by atoms with Gasteiger partial charge in [0.1, 0.15) is 5.82 Å². The molecule has 0 saturated heterocycles. The Morgan fingerprint density at radius 1 is 0.609 bits per heavy atom. The summed E-state index contributed by atoms with van der Waals surface area (Å²) in [6, 6.07) is 71.1. The number of anilines is 6. The van der Waals surface area contributed by atoms with Crippen LogP contribution in [-0.4, -0.2) is 6.04 Å². The van der Waals surface area contributed by atoms with Crippen LogP contribution >= 0.6 is 0 Å². The topological polar surface area (TPSA) is 9.72 Å². The van der Waals surface area contributed by atoms with Gasteiger partial charge in [-0.3, -0.25) is 0 Å². The third-order valence-electron chi connectivity index (χ3n) is 14.8. The maximum Gasteiger partial charge on any atom is 0.123 e. The molecule has 334 valence electrons. The minimum absolute atomic E-state index is 0.0457. The molecule has 4 aliphatic rings. The van der Waals surface area contributed by atoms with Crippen LogP contribution in [0.1, 0.15) is 54.4 Å². The lowest BCUT2D eigenvalue weighted by molar-refractivity contribution is 0.379. The minimum atomic E-state index is -0.219. The standard InChI is InChI=1S/C65H52FN3/c1-3-45-23-33-54(34-24-45)69-62-22-12-6-11-21-61(62)65(2)44-56(40-42-63(65)69)68(51-17-9-5-10-18-51)53-37-29-47(30-38-53)46-27-35-52(36-28-46)67(50-15-7-4-8-16-50)55-39-41-59-60(43-55)57-19-13-14-20-58(57)64(59)48-25-31-49(66)32-26-48/h3-21,23-39,41-43,56,64H,1,22,40,44H2,2H3. The number of hydrogen-bond acceptors (Lipinski definition) is 3. The molecule has 1 heterocycles. The van der Waals surface area contributed by atoms with Crippen LogP contribution < -0.4 is 14.7 Å². The lowest BCUT2D eigenvalue weighted by atomic mass is 9.71. The number of rotatable bonds is 10. The van der Waals surface area contributed by atoms with Crippen molar-refractivity contribution < 1.29 is 4.39 Å². The number of halogens is 1. The predicted molar refractivity (Wildman–Crippen MR) is 286 cm³/mol. The summed E-state index contributed by atoms with van der Waals surface area (Å²) in [5.74, 6) is -0.174. The van der Waals surface area contributed by atoms with E-state index in [-0.39, 0.29) is 23.2 Å². The first-order valence-corrected chi connectivity index (χ1v) is 24.1. The van der Waals surface area contributed by atoms with E-state index in [1.807, 2.05) is 18.2 Å². The van der Waals surface area contributed by atoms with E-state index in [9.17, 15) is 4.39 Å². The molecule has 0 aromatic heterocycles. The Morgan fingerprint density at radius 2 is 1.22 bits per heavy atom. The van der Waals surface area contributed by atoms with E-state index in [0.717, 1.165) is 53.0 Å². The highest BCUT2D eigenvalue weighted by Gasteiger charge is 2.49. The summed E-state index contributed by atoms with van der Waals surface area (Å²) in [6.07, 6.45) is 16.3. The maximum atomic E-state index is 14.1. The molecule has 69 heavy (non-hydrogen) atoms. The van der Waals surface area contributed by atoms with E-state index in [4.69, 9.17) is 0 Å².